The van der Waals surface area contributed by atoms with Gasteiger partial charge < -0.3 is 30.9 Å². The first-order valence-electron chi connectivity index (χ1n) is 14.4. The standard InChI is InChI=1S/C24H61O9PSi6/c1-35(2,3)26-19-20-21(29-36(4,5)6)22(30-37(7,8)9)23(31-38(10,11)12)24(27-20)28-34(25,32-39(13,14)15)33-40(16,17)18/h20-24H,19H2,1-18H3/t20-,21-,22+,23-,24-/m1/s1. The van der Waals surface area contributed by atoms with Crippen molar-refractivity contribution in [2.45, 2.75) is 149 Å². The zero-order chi connectivity index (χ0) is 31.8. The zero-order valence-electron chi connectivity index (χ0n) is 28.7. The maximum atomic E-state index is 14.3. The van der Waals surface area contributed by atoms with Crippen LogP contribution in [0.25, 0.3) is 0 Å². The van der Waals surface area contributed by atoms with Crippen molar-refractivity contribution in [1.29, 1.82) is 0 Å². The van der Waals surface area contributed by atoms with Gasteiger partial charge in [-0.1, -0.05) is 0 Å². The van der Waals surface area contributed by atoms with Crippen LogP contribution in [0, 0.1) is 0 Å². The van der Waals surface area contributed by atoms with Crippen molar-refractivity contribution in [2.24, 2.45) is 0 Å². The van der Waals surface area contributed by atoms with E-state index in [1.807, 2.05) is 39.3 Å². The van der Waals surface area contributed by atoms with Crippen LogP contribution in [0.5, 0.6) is 0 Å². The van der Waals surface area contributed by atoms with Crippen molar-refractivity contribution in [2.75, 3.05) is 6.61 Å². The number of hydrogen-bond donors (Lipinski definition) is 0. The SMILES string of the molecule is C[Si](C)(C)OC[C@H]1O[C@H](OP(=O)(O[Si](C)(C)C)O[Si](C)(C)C)[C@H](O[Si](C)(C)C)[C@@H](O[Si](C)(C)C)[C@@H]1O[Si](C)(C)C. The molecule has 0 aliphatic carbocycles. The van der Waals surface area contributed by atoms with Gasteiger partial charge in [0.1, 0.15) is 24.4 Å². The fourth-order valence-electron chi connectivity index (χ4n) is 3.92. The summed E-state index contributed by atoms with van der Waals surface area (Å²) in [5, 5.41) is 0. The van der Waals surface area contributed by atoms with Gasteiger partial charge in [-0.15, -0.1) is 0 Å². The van der Waals surface area contributed by atoms with E-state index in [0.29, 0.717) is 6.61 Å². The molecule has 5 atom stereocenters. The van der Waals surface area contributed by atoms with E-state index in [0.717, 1.165) is 0 Å². The maximum absolute atomic E-state index is 14.3. The van der Waals surface area contributed by atoms with Gasteiger partial charge >= 0.3 is 7.82 Å². The highest BCUT2D eigenvalue weighted by molar-refractivity contribution is 7.52. The van der Waals surface area contributed by atoms with Crippen molar-refractivity contribution in [1.82, 2.24) is 0 Å². The number of phosphoric acid groups is 1. The molecule has 1 rings (SSSR count). The Bertz CT molecular complexity index is 834. The third-order valence-corrected chi connectivity index (χ3v) is 15.4. The highest BCUT2D eigenvalue weighted by Gasteiger charge is 2.55. The van der Waals surface area contributed by atoms with Crippen molar-refractivity contribution in [3.8, 4) is 0 Å². The molecule has 9 nitrogen and oxygen atoms in total. The summed E-state index contributed by atoms with van der Waals surface area (Å²) < 4.78 is 66.5. The molecule has 0 unspecified atom stereocenters. The molecule has 0 spiro atoms. The van der Waals surface area contributed by atoms with Gasteiger partial charge in [-0.2, -0.15) is 0 Å². The molecule has 16 heteroatoms. The molecule has 1 aliphatic rings. The molecule has 0 N–H and O–H groups in total. The second-order valence-corrected chi connectivity index (χ2v) is 45.4. The lowest BCUT2D eigenvalue weighted by molar-refractivity contribution is -0.268. The Hall–Kier alpha value is 1.21. The Morgan fingerprint density at radius 2 is 0.900 bits per heavy atom. The van der Waals surface area contributed by atoms with E-state index in [1.165, 1.54) is 0 Å². The van der Waals surface area contributed by atoms with Crippen LogP contribution in [-0.2, 0) is 40.0 Å². The third kappa shape index (κ3) is 16.3. The number of ether oxygens (including phenoxy) is 1. The summed E-state index contributed by atoms with van der Waals surface area (Å²) in [5.74, 6) is 0. The van der Waals surface area contributed by atoms with E-state index in [2.05, 4.69) is 78.6 Å². The van der Waals surface area contributed by atoms with Gasteiger partial charge in [-0.25, -0.2) is 4.57 Å². The first-order valence-corrected chi connectivity index (χ1v) is 36.3. The molecular formula is C24H61O9PSi6. The average molecular weight is 693 g/mol. The molecule has 0 bridgehead atoms. The van der Waals surface area contributed by atoms with Crippen LogP contribution >= 0.6 is 7.82 Å². The molecule has 1 heterocycles. The summed E-state index contributed by atoms with van der Waals surface area (Å²) in [7, 11) is -17.0. The van der Waals surface area contributed by atoms with Crippen molar-refractivity contribution < 1.29 is 40.0 Å². The molecule has 0 radical (unpaired) electrons. The number of rotatable bonds is 15. The fraction of sp³-hybridized carbons (Fsp3) is 1.00. The van der Waals surface area contributed by atoms with Gasteiger partial charge in [0.2, 0.25) is 0 Å². The molecule has 0 amide bonds. The van der Waals surface area contributed by atoms with Gasteiger partial charge in [-0.05, 0) is 118 Å². The van der Waals surface area contributed by atoms with Crippen LogP contribution < -0.4 is 0 Å². The summed E-state index contributed by atoms with van der Waals surface area (Å²) >= 11 is 0. The normalized spacial score (nSPS) is 26.3. The summed E-state index contributed by atoms with van der Waals surface area (Å²) in [6.07, 6.45) is -3.20. The van der Waals surface area contributed by atoms with E-state index in [4.69, 9.17) is 35.4 Å². The van der Waals surface area contributed by atoms with Crippen molar-refractivity contribution in [3.63, 3.8) is 0 Å². The summed E-state index contributed by atoms with van der Waals surface area (Å²) in [6.45, 7) is 37.8. The third-order valence-electron chi connectivity index (χ3n) is 4.75. The van der Waals surface area contributed by atoms with Crippen molar-refractivity contribution in [3.05, 3.63) is 0 Å². The highest BCUT2D eigenvalue weighted by atomic mass is 31.2. The Labute approximate surface area is 252 Å². The lowest BCUT2D eigenvalue weighted by Gasteiger charge is -2.51. The molecule has 40 heavy (non-hydrogen) atoms. The van der Waals surface area contributed by atoms with Crippen LogP contribution in [0.15, 0.2) is 0 Å². The van der Waals surface area contributed by atoms with E-state index in [1.54, 1.807) is 0 Å². The molecule has 0 aromatic heterocycles. The highest BCUT2D eigenvalue weighted by Crippen LogP contribution is 2.56. The first kappa shape index (κ1) is 39.2. The molecular weight excluding hydrogens is 632 g/mol. The van der Waals surface area contributed by atoms with Gasteiger partial charge in [0.05, 0.1) is 6.61 Å². The second-order valence-electron chi connectivity index (χ2n) is 16.5. The summed E-state index contributed by atoms with van der Waals surface area (Å²) in [6, 6.07) is 0. The minimum Gasteiger partial charge on any atom is -0.415 e. The lowest BCUT2D eigenvalue weighted by atomic mass is 9.99. The average Bonchev–Trinajstić information content (AvgIpc) is 2.58. The second kappa shape index (κ2) is 13.7. The zero-order valence-corrected chi connectivity index (χ0v) is 35.6. The van der Waals surface area contributed by atoms with Crippen LogP contribution in [0.4, 0.5) is 0 Å². The minimum atomic E-state index is -4.02. The monoisotopic (exact) mass is 692 g/mol. The molecule has 0 saturated carbocycles. The predicted octanol–water partition coefficient (Wildman–Crippen LogP) is 8.05. The van der Waals surface area contributed by atoms with Gasteiger partial charge in [0.25, 0.3) is 0 Å². The molecule has 1 fully saturated rings. The Balaban J connectivity index is 3.77. The van der Waals surface area contributed by atoms with E-state index in [9.17, 15) is 4.57 Å². The largest absolute Gasteiger partial charge is 0.457 e. The van der Waals surface area contributed by atoms with Gasteiger partial charge in [0.15, 0.2) is 56.2 Å². The molecule has 240 valence electrons. The minimum absolute atomic E-state index is 0.310. The Morgan fingerprint density at radius 3 is 1.25 bits per heavy atom. The van der Waals surface area contributed by atoms with E-state index >= 15 is 0 Å². The van der Waals surface area contributed by atoms with Crippen LogP contribution in [-0.4, -0.2) is 87.2 Å². The van der Waals surface area contributed by atoms with Crippen molar-refractivity contribution >= 4 is 57.7 Å². The quantitative estimate of drug-likeness (QED) is 0.125. The maximum Gasteiger partial charge on any atom is 0.457 e. The summed E-state index contributed by atoms with van der Waals surface area (Å²) in [5.41, 5.74) is 0. The first-order chi connectivity index (χ1) is 17.4. The van der Waals surface area contributed by atoms with Crippen LogP contribution in [0.1, 0.15) is 0 Å². The Kier molecular flexibility index (Phi) is 13.4. The molecule has 0 aromatic rings. The lowest BCUT2D eigenvalue weighted by Crippen LogP contribution is -2.66. The smallest absolute Gasteiger partial charge is 0.415 e. The number of hydrogen-bond acceptors (Lipinski definition) is 9. The van der Waals surface area contributed by atoms with Crippen LogP contribution in [0.2, 0.25) is 118 Å². The molecule has 0 aromatic carbocycles. The topological polar surface area (TPSA) is 90.9 Å². The molecule has 1 aliphatic heterocycles. The van der Waals surface area contributed by atoms with Gasteiger partial charge in [0, 0.05) is 0 Å². The predicted molar refractivity (Wildman–Crippen MR) is 180 cm³/mol. The van der Waals surface area contributed by atoms with E-state index in [-0.39, 0.29) is 0 Å². The molecule has 1 saturated heterocycles. The summed E-state index contributed by atoms with van der Waals surface area (Å²) in [4.78, 5) is 0. The van der Waals surface area contributed by atoms with Gasteiger partial charge in [-0.3, -0.25) is 4.52 Å². The van der Waals surface area contributed by atoms with E-state index < -0.39 is 88.4 Å². The Morgan fingerprint density at radius 1 is 0.525 bits per heavy atom. The fourth-order valence-corrected chi connectivity index (χ4v) is 14.4. The van der Waals surface area contributed by atoms with Crippen LogP contribution in [0.3, 0.4) is 0 Å².